The van der Waals surface area contributed by atoms with E-state index < -0.39 is 5.97 Å². The van der Waals surface area contributed by atoms with Crippen LogP contribution in [0, 0.1) is 11.8 Å². The molecule has 3 atom stereocenters. The van der Waals surface area contributed by atoms with Crippen LogP contribution in [-0.2, 0) is 9.59 Å². The van der Waals surface area contributed by atoms with Crippen LogP contribution in [0.25, 0.3) is 0 Å². The maximum Gasteiger partial charge on any atom is 0.308 e. The minimum absolute atomic E-state index is 0.0161. The molecule has 1 aliphatic rings. The highest BCUT2D eigenvalue weighted by atomic mass is 16.4. The first-order valence-corrected chi connectivity index (χ1v) is 6.18. The molecule has 0 aliphatic carbocycles. The van der Waals surface area contributed by atoms with E-state index in [4.69, 9.17) is 5.11 Å². The van der Waals surface area contributed by atoms with Gasteiger partial charge in [-0.2, -0.15) is 0 Å². The van der Waals surface area contributed by atoms with E-state index >= 15 is 0 Å². The van der Waals surface area contributed by atoms with E-state index in [1.807, 2.05) is 25.7 Å². The highest BCUT2D eigenvalue weighted by Gasteiger charge is 2.35. The van der Waals surface area contributed by atoms with E-state index in [1.54, 1.807) is 0 Å². The van der Waals surface area contributed by atoms with Crippen molar-refractivity contribution in [3.8, 4) is 0 Å². The Morgan fingerprint density at radius 2 is 2.12 bits per heavy atom. The maximum atomic E-state index is 11.7. The molecule has 1 rings (SSSR count). The summed E-state index contributed by atoms with van der Waals surface area (Å²) in [6.07, 6.45) is 0.903. The third-order valence-electron chi connectivity index (χ3n) is 3.39. The molecule has 5 nitrogen and oxygen atoms in total. The second-order valence-corrected chi connectivity index (χ2v) is 4.99. The third-order valence-corrected chi connectivity index (χ3v) is 3.39. The van der Waals surface area contributed by atoms with Crippen molar-refractivity contribution in [3.05, 3.63) is 0 Å². The molecule has 0 spiro atoms. The van der Waals surface area contributed by atoms with Crippen molar-refractivity contribution in [2.24, 2.45) is 11.8 Å². The van der Waals surface area contributed by atoms with E-state index in [-0.39, 0.29) is 23.8 Å². The fourth-order valence-electron chi connectivity index (χ4n) is 2.14. The van der Waals surface area contributed by atoms with Crippen molar-refractivity contribution in [2.45, 2.75) is 33.2 Å². The molecule has 0 bridgehead atoms. The van der Waals surface area contributed by atoms with Crippen LogP contribution < -0.4 is 5.32 Å². The van der Waals surface area contributed by atoms with Gasteiger partial charge in [0.1, 0.15) is 0 Å². The molecule has 2 N–H and O–H groups in total. The zero-order chi connectivity index (χ0) is 13.0. The lowest BCUT2D eigenvalue weighted by Gasteiger charge is -2.17. The predicted molar refractivity (Wildman–Crippen MR) is 64.6 cm³/mol. The highest BCUT2D eigenvalue weighted by Crippen LogP contribution is 2.22. The summed E-state index contributed by atoms with van der Waals surface area (Å²) < 4.78 is 0. The van der Waals surface area contributed by atoms with E-state index in [0.717, 1.165) is 6.42 Å². The van der Waals surface area contributed by atoms with Gasteiger partial charge in [-0.25, -0.2) is 0 Å². The largest absolute Gasteiger partial charge is 0.481 e. The molecular weight excluding hydrogens is 220 g/mol. The van der Waals surface area contributed by atoms with Gasteiger partial charge in [0.25, 0.3) is 0 Å². The number of rotatable bonds is 5. The van der Waals surface area contributed by atoms with Crippen LogP contribution in [0.1, 0.15) is 27.2 Å². The molecule has 1 fully saturated rings. The van der Waals surface area contributed by atoms with Crippen molar-refractivity contribution in [3.63, 3.8) is 0 Å². The number of carboxylic acids is 1. The van der Waals surface area contributed by atoms with E-state index in [1.165, 1.54) is 0 Å². The number of hydrogen-bond acceptors (Lipinski definition) is 3. The molecule has 1 heterocycles. The van der Waals surface area contributed by atoms with E-state index in [0.29, 0.717) is 19.6 Å². The molecule has 0 aromatic carbocycles. The molecule has 0 aromatic heterocycles. The fraction of sp³-hybridized carbons (Fsp3) is 0.833. The molecule has 5 heteroatoms. The van der Waals surface area contributed by atoms with Crippen LogP contribution in [-0.4, -0.2) is 47.6 Å². The fourth-order valence-corrected chi connectivity index (χ4v) is 2.14. The monoisotopic (exact) mass is 242 g/mol. The number of amides is 1. The quantitative estimate of drug-likeness (QED) is 0.739. The Bertz CT molecular complexity index is 293. The molecule has 98 valence electrons. The summed E-state index contributed by atoms with van der Waals surface area (Å²) in [6.45, 7) is 7.37. The summed E-state index contributed by atoms with van der Waals surface area (Å²) in [4.78, 5) is 24.5. The number of hydrogen-bond donors (Lipinski definition) is 2. The molecule has 3 unspecified atom stereocenters. The van der Waals surface area contributed by atoms with Crippen LogP contribution in [0.3, 0.4) is 0 Å². The standard InChI is InChI=1S/C12H22N2O3/c1-4-9(3)13-11(15)7-14-5-8(2)10(6-14)12(16)17/h8-10H,4-7H2,1-3H3,(H,13,15)(H,16,17). The number of carbonyl (C=O) groups excluding carboxylic acids is 1. The molecule has 1 saturated heterocycles. The topological polar surface area (TPSA) is 69.6 Å². The number of aliphatic carboxylic acids is 1. The highest BCUT2D eigenvalue weighted by molar-refractivity contribution is 5.78. The Morgan fingerprint density at radius 1 is 1.47 bits per heavy atom. The number of carbonyl (C=O) groups is 2. The number of likely N-dealkylation sites (tertiary alicyclic amines) is 1. The minimum Gasteiger partial charge on any atom is -0.481 e. The van der Waals surface area contributed by atoms with E-state index in [9.17, 15) is 9.59 Å². The van der Waals surface area contributed by atoms with Gasteiger partial charge in [-0.15, -0.1) is 0 Å². The lowest BCUT2D eigenvalue weighted by Crippen LogP contribution is -2.40. The Labute approximate surface area is 102 Å². The summed E-state index contributed by atoms with van der Waals surface area (Å²) in [5.41, 5.74) is 0. The van der Waals surface area contributed by atoms with Gasteiger partial charge in [0.2, 0.25) is 5.91 Å². The first-order chi connectivity index (χ1) is 7.93. The molecule has 17 heavy (non-hydrogen) atoms. The Morgan fingerprint density at radius 3 is 2.59 bits per heavy atom. The second-order valence-electron chi connectivity index (χ2n) is 4.99. The Hall–Kier alpha value is -1.10. The zero-order valence-corrected chi connectivity index (χ0v) is 10.8. The molecular formula is C12H22N2O3. The van der Waals surface area contributed by atoms with Crippen LogP contribution in [0.15, 0.2) is 0 Å². The second kappa shape index (κ2) is 6.00. The van der Waals surface area contributed by atoms with E-state index in [2.05, 4.69) is 5.32 Å². The SMILES string of the molecule is CCC(C)NC(=O)CN1CC(C)C(C(=O)O)C1. The summed E-state index contributed by atoms with van der Waals surface area (Å²) >= 11 is 0. The first-order valence-electron chi connectivity index (χ1n) is 6.18. The molecule has 1 amide bonds. The number of nitrogens with one attached hydrogen (secondary N) is 1. The van der Waals surface area contributed by atoms with Gasteiger partial charge in [-0.3, -0.25) is 14.5 Å². The van der Waals surface area contributed by atoms with Crippen LogP contribution in [0.2, 0.25) is 0 Å². The van der Waals surface area contributed by atoms with Gasteiger partial charge < -0.3 is 10.4 Å². The summed E-state index contributed by atoms with van der Waals surface area (Å²) in [5.74, 6) is -1.00. The molecule has 0 aromatic rings. The van der Waals surface area contributed by atoms with Gasteiger partial charge in [0.05, 0.1) is 12.5 Å². The summed E-state index contributed by atoms with van der Waals surface area (Å²) in [5, 5.41) is 11.9. The summed E-state index contributed by atoms with van der Waals surface area (Å²) in [6, 6.07) is 0.179. The predicted octanol–water partition coefficient (Wildman–Crippen LogP) is 0.554. The Balaban J connectivity index is 2.39. The zero-order valence-electron chi connectivity index (χ0n) is 10.8. The van der Waals surface area contributed by atoms with Gasteiger partial charge in [-0.05, 0) is 19.3 Å². The maximum absolute atomic E-state index is 11.7. The molecule has 0 radical (unpaired) electrons. The van der Waals surface area contributed by atoms with Crippen LogP contribution in [0.4, 0.5) is 0 Å². The van der Waals surface area contributed by atoms with Crippen molar-refractivity contribution in [1.82, 2.24) is 10.2 Å². The third kappa shape index (κ3) is 4.00. The van der Waals surface area contributed by atoms with Crippen molar-refractivity contribution in [2.75, 3.05) is 19.6 Å². The lowest BCUT2D eigenvalue weighted by molar-refractivity contribution is -0.142. The first kappa shape index (κ1) is 14.0. The average Bonchev–Trinajstić information content (AvgIpc) is 2.59. The normalized spacial score (nSPS) is 26.8. The molecule has 0 saturated carbocycles. The molecule has 1 aliphatic heterocycles. The Kier molecular flexibility index (Phi) is 4.93. The lowest BCUT2D eigenvalue weighted by atomic mass is 9.99. The van der Waals surface area contributed by atoms with Gasteiger partial charge >= 0.3 is 5.97 Å². The van der Waals surface area contributed by atoms with Crippen molar-refractivity contribution < 1.29 is 14.7 Å². The van der Waals surface area contributed by atoms with Crippen molar-refractivity contribution in [1.29, 1.82) is 0 Å². The number of carboxylic acid groups (broad SMARTS) is 1. The van der Waals surface area contributed by atoms with Gasteiger partial charge in [0.15, 0.2) is 0 Å². The van der Waals surface area contributed by atoms with Gasteiger partial charge in [0, 0.05) is 19.1 Å². The van der Waals surface area contributed by atoms with Crippen LogP contribution in [0.5, 0.6) is 0 Å². The van der Waals surface area contributed by atoms with Gasteiger partial charge in [-0.1, -0.05) is 13.8 Å². The minimum atomic E-state index is -0.762. The number of nitrogens with zero attached hydrogens (tertiary/aromatic N) is 1. The smallest absolute Gasteiger partial charge is 0.308 e. The van der Waals surface area contributed by atoms with Crippen molar-refractivity contribution >= 4 is 11.9 Å². The van der Waals surface area contributed by atoms with Crippen LogP contribution >= 0.6 is 0 Å². The summed E-state index contributed by atoms with van der Waals surface area (Å²) in [7, 11) is 0. The average molecular weight is 242 g/mol.